The molecule has 0 saturated heterocycles. The van der Waals surface area contributed by atoms with Crippen LogP contribution in [-0.4, -0.2) is 13.1 Å². The SMILES string of the molecule is COC(=O)c1ccc(Oc2cc(F)cc(Br)c2)c(F)c1. The Morgan fingerprint density at radius 2 is 1.90 bits per heavy atom. The zero-order valence-electron chi connectivity index (χ0n) is 10.3. The van der Waals surface area contributed by atoms with Gasteiger partial charge in [-0.1, -0.05) is 15.9 Å². The van der Waals surface area contributed by atoms with Gasteiger partial charge in [0.1, 0.15) is 11.6 Å². The summed E-state index contributed by atoms with van der Waals surface area (Å²) in [5.41, 5.74) is 0.0674. The van der Waals surface area contributed by atoms with Gasteiger partial charge >= 0.3 is 5.97 Å². The van der Waals surface area contributed by atoms with Crippen molar-refractivity contribution in [3.8, 4) is 11.5 Å². The van der Waals surface area contributed by atoms with Crippen LogP contribution in [-0.2, 0) is 4.74 Å². The van der Waals surface area contributed by atoms with Crippen LogP contribution in [0.4, 0.5) is 8.78 Å². The van der Waals surface area contributed by atoms with Crippen LogP contribution in [0.25, 0.3) is 0 Å². The van der Waals surface area contributed by atoms with Crippen molar-refractivity contribution in [2.45, 2.75) is 0 Å². The summed E-state index contributed by atoms with van der Waals surface area (Å²) < 4.78 is 37.2. The topological polar surface area (TPSA) is 35.5 Å². The van der Waals surface area contributed by atoms with Crippen LogP contribution in [0.3, 0.4) is 0 Å². The quantitative estimate of drug-likeness (QED) is 0.780. The number of rotatable bonds is 3. The first-order chi connectivity index (χ1) is 9.49. The van der Waals surface area contributed by atoms with Crippen molar-refractivity contribution < 1.29 is 23.0 Å². The van der Waals surface area contributed by atoms with Crippen molar-refractivity contribution in [2.75, 3.05) is 7.11 Å². The fraction of sp³-hybridized carbons (Fsp3) is 0.0714. The van der Waals surface area contributed by atoms with Gasteiger partial charge in [-0.3, -0.25) is 0 Å². The second-order valence-corrected chi connectivity index (χ2v) is 4.76. The minimum atomic E-state index is -0.742. The molecule has 6 heteroatoms. The van der Waals surface area contributed by atoms with Gasteiger partial charge in [-0.05, 0) is 30.3 Å². The van der Waals surface area contributed by atoms with E-state index in [0.29, 0.717) is 4.47 Å². The third-order valence-corrected chi connectivity index (χ3v) is 2.87. The van der Waals surface area contributed by atoms with Crippen LogP contribution >= 0.6 is 15.9 Å². The maximum Gasteiger partial charge on any atom is 0.337 e. The molecule has 20 heavy (non-hydrogen) atoms. The van der Waals surface area contributed by atoms with Crippen LogP contribution in [0.15, 0.2) is 40.9 Å². The first-order valence-corrected chi connectivity index (χ1v) is 6.30. The fourth-order valence-electron chi connectivity index (χ4n) is 1.54. The highest BCUT2D eigenvalue weighted by Crippen LogP contribution is 2.28. The molecule has 0 spiro atoms. The highest BCUT2D eigenvalue weighted by atomic mass is 79.9. The number of ether oxygens (including phenoxy) is 2. The summed E-state index contributed by atoms with van der Waals surface area (Å²) >= 11 is 3.11. The van der Waals surface area contributed by atoms with Crippen molar-refractivity contribution in [3.05, 3.63) is 58.1 Å². The predicted octanol–water partition coefficient (Wildman–Crippen LogP) is 4.31. The Bertz CT molecular complexity index is 639. The van der Waals surface area contributed by atoms with E-state index in [1.807, 2.05) is 0 Å². The van der Waals surface area contributed by atoms with Gasteiger partial charge in [0.25, 0.3) is 0 Å². The summed E-state index contributed by atoms with van der Waals surface area (Å²) in [5, 5.41) is 0. The van der Waals surface area contributed by atoms with Gasteiger partial charge in [0.2, 0.25) is 0 Å². The molecule has 0 amide bonds. The lowest BCUT2D eigenvalue weighted by Gasteiger charge is -2.08. The Hall–Kier alpha value is -1.95. The maximum absolute atomic E-state index is 13.8. The van der Waals surface area contributed by atoms with Crippen molar-refractivity contribution in [1.82, 2.24) is 0 Å². The first kappa shape index (κ1) is 14.5. The van der Waals surface area contributed by atoms with Crippen molar-refractivity contribution in [2.24, 2.45) is 0 Å². The molecule has 0 aliphatic rings. The molecule has 0 N–H and O–H groups in total. The van der Waals surface area contributed by atoms with E-state index in [0.717, 1.165) is 12.1 Å². The highest BCUT2D eigenvalue weighted by molar-refractivity contribution is 9.10. The number of hydrogen-bond acceptors (Lipinski definition) is 3. The number of carbonyl (C=O) groups is 1. The average molecular weight is 343 g/mol. The van der Waals surface area contributed by atoms with E-state index in [-0.39, 0.29) is 17.1 Å². The van der Waals surface area contributed by atoms with E-state index in [1.54, 1.807) is 0 Å². The summed E-state index contributed by atoms with van der Waals surface area (Å²) in [6, 6.07) is 7.51. The molecule has 0 fully saturated rings. The largest absolute Gasteiger partial charge is 0.465 e. The molecule has 2 rings (SSSR count). The maximum atomic E-state index is 13.8. The Morgan fingerprint density at radius 1 is 1.15 bits per heavy atom. The number of esters is 1. The summed E-state index contributed by atoms with van der Waals surface area (Å²) in [7, 11) is 1.20. The Labute approximate surface area is 122 Å². The van der Waals surface area contributed by atoms with Crippen LogP contribution in [0.2, 0.25) is 0 Å². The van der Waals surface area contributed by atoms with E-state index < -0.39 is 17.6 Å². The molecule has 0 aromatic heterocycles. The lowest BCUT2D eigenvalue weighted by molar-refractivity contribution is 0.0600. The molecule has 104 valence electrons. The molecule has 0 aliphatic carbocycles. The lowest BCUT2D eigenvalue weighted by atomic mass is 10.2. The molecule has 2 aromatic rings. The van der Waals surface area contributed by atoms with Gasteiger partial charge in [-0.15, -0.1) is 0 Å². The second kappa shape index (κ2) is 6.00. The minimum Gasteiger partial charge on any atom is -0.465 e. The van der Waals surface area contributed by atoms with Gasteiger partial charge in [-0.2, -0.15) is 0 Å². The predicted molar refractivity (Wildman–Crippen MR) is 71.9 cm³/mol. The molecule has 0 bridgehead atoms. The molecule has 0 atom stereocenters. The van der Waals surface area contributed by atoms with Gasteiger partial charge in [0, 0.05) is 10.5 Å². The van der Waals surface area contributed by atoms with E-state index >= 15 is 0 Å². The van der Waals surface area contributed by atoms with Gasteiger partial charge < -0.3 is 9.47 Å². The van der Waals surface area contributed by atoms with Crippen LogP contribution < -0.4 is 4.74 Å². The Kier molecular flexibility index (Phi) is 4.34. The summed E-state index contributed by atoms with van der Waals surface area (Å²) in [6.45, 7) is 0. The van der Waals surface area contributed by atoms with Crippen molar-refractivity contribution in [1.29, 1.82) is 0 Å². The lowest BCUT2D eigenvalue weighted by Crippen LogP contribution is -2.02. The Balaban J connectivity index is 2.27. The fourth-order valence-corrected chi connectivity index (χ4v) is 1.99. The molecule has 3 nitrogen and oxygen atoms in total. The van der Waals surface area contributed by atoms with E-state index in [2.05, 4.69) is 20.7 Å². The summed E-state index contributed by atoms with van der Waals surface area (Å²) in [6.07, 6.45) is 0. The number of methoxy groups -OCH3 is 1. The molecule has 0 saturated carbocycles. The minimum absolute atomic E-state index is 0.0674. The van der Waals surface area contributed by atoms with Crippen molar-refractivity contribution >= 4 is 21.9 Å². The van der Waals surface area contributed by atoms with Crippen molar-refractivity contribution in [3.63, 3.8) is 0 Å². The number of hydrogen-bond donors (Lipinski definition) is 0. The zero-order chi connectivity index (χ0) is 14.7. The van der Waals surface area contributed by atoms with Gasteiger partial charge in [-0.25, -0.2) is 13.6 Å². The van der Waals surface area contributed by atoms with Crippen LogP contribution in [0, 0.1) is 11.6 Å². The Morgan fingerprint density at radius 3 is 2.50 bits per heavy atom. The number of carbonyl (C=O) groups excluding carboxylic acids is 1. The first-order valence-electron chi connectivity index (χ1n) is 5.51. The second-order valence-electron chi connectivity index (χ2n) is 3.84. The van der Waals surface area contributed by atoms with Gasteiger partial charge in [0.05, 0.1) is 12.7 Å². The standard InChI is InChI=1S/C14H9BrF2O3/c1-19-14(18)8-2-3-13(12(17)4-8)20-11-6-9(15)5-10(16)7-11/h2-7H,1H3. The van der Waals surface area contributed by atoms with E-state index in [9.17, 15) is 13.6 Å². The molecular weight excluding hydrogens is 334 g/mol. The monoisotopic (exact) mass is 342 g/mol. The zero-order valence-corrected chi connectivity index (χ0v) is 11.9. The molecule has 0 radical (unpaired) electrons. The molecular formula is C14H9BrF2O3. The third-order valence-electron chi connectivity index (χ3n) is 2.42. The normalized spacial score (nSPS) is 10.2. The number of benzene rings is 2. The smallest absolute Gasteiger partial charge is 0.337 e. The van der Waals surface area contributed by atoms with E-state index in [1.165, 1.54) is 31.4 Å². The van der Waals surface area contributed by atoms with Gasteiger partial charge in [0.15, 0.2) is 11.6 Å². The molecule has 0 unspecified atom stereocenters. The third kappa shape index (κ3) is 3.33. The summed E-state index contributed by atoms with van der Waals surface area (Å²) in [5.74, 6) is -1.88. The highest BCUT2D eigenvalue weighted by Gasteiger charge is 2.12. The molecule has 2 aromatic carbocycles. The van der Waals surface area contributed by atoms with E-state index in [4.69, 9.17) is 4.74 Å². The molecule has 0 aliphatic heterocycles. The van der Waals surface area contributed by atoms with Crippen LogP contribution in [0.1, 0.15) is 10.4 Å². The molecule has 0 heterocycles. The average Bonchev–Trinajstić information content (AvgIpc) is 2.39. The summed E-state index contributed by atoms with van der Waals surface area (Å²) in [4.78, 5) is 11.2. The number of halogens is 3. The van der Waals surface area contributed by atoms with Crippen LogP contribution in [0.5, 0.6) is 11.5 Å².